The molecule has 0 radical (unpaired) electrons. The van der Waals surface area contributed by atoms with Gasteiger partial charge in [-0.1, -0.05) is 79.9 Å². The van der Waals surface area contributed by atoms with Gasteiger partial charge in [0.1, 0.15) is 11.6 Å². The van der Waals surface area contributed by atoms with Crippen molar-refractivity contribution in [2.24, 2.45) is 0 Å². The van der Waals surface area contributed by atoms with Crippen molar-refractivity contribution >= 4 is 28.2 Å². The molecule has 1 heterocycles. The Labute approximate surface area is 186 Å². The number of benzene rings is 3. The second kappa shape index (κ2) is 8.23. The Hall–Kier alpha value is -3.47. The van der Waals surface area contributed by atoms with Crippen molar-refractivity contribution in [3.8, 4) is 0 Å². The van der Waals surface area contributed by atoms with Crippen molar-refractivity contribution in [2.45, 2.75) is 44.2 Å². The molecule has 0 spiro atoms. The van der Waals surface area contributed by atoms with E-state index in [1.54, 1.807) is 30.3 Å². The summed E-state index contributed by atoms with van der Waals surface area (Å²) in [5, 5.41) is 13.1. The molecule has 1 aliphatic carbocycles. The highest BCUT2D eigenvalue weighted by atomic mass is 19.1. The van der Waals surface area contributed by atoms with Crippen LogP contribution in [-0.2, 0) is 9.59 Å². The van der Waals surface area contributed by atoms with Gasteiger partial charge in [-0.25, -0.2) is 4.39 Å². The Morgan fingerprint density at radius 2 is 1.56 bits per heavy atom. The number of aliphatic hydroxyl groups is 1. The van der Waals surface area contributed by atoms with Crippen LogP contribution in [0.25, 0.3) is 16.5 Å². The van der Waals surface area contributed by atoms with Gasteiger partial charge in [-0.2, -0.15) is 0 Å². The van der Waals surface area contributed by atoms with E-state index in [1.165, 1.54) is 11.0 Å². The van der Waals surface area contributed by atoms with Crippen LogP contribution in [0.1, 0.15) is 49.3 Å². The summed E-state index contributed by atoms with van der Waals surface area (Å²) in [5.41, 5.74) is 0.659. The van der Waals surface area contributed by atoms with Gasteiger partial charge >= 0.3 is 0 Å². The molecule has 2 fully saturated rings. The molecule has 1 aliphatic heterocycles. The fraction of sp³-hybridized carbons (Fsp3) is 0.259. The lowest BCUT2D eigenvalue weighted by molar-refractivity contribution is -0.141. The summed E-state index contributed by atoms with van der Waals surface area (Å²) in [6.07, 6.45) is 4.54. The molecule has 3 aromatic rings. The summed E-state index contributed by atoms with van der Waals surface area (Å²) in [7, 11) is 0. The third kappa shape index (κ3) is 3.29. The maximum atomic E-state index is 15.0. The minimum atomic E-state index is -0.946. The van der Waals surface area contributed by atoms with Crippen LogP contribution in [0.4, 0.5) is 4.39 Å². The zero-order chi connectivity index (χ0) is 22.2. The SMILES string of the molecule is O=C1C(=O)N(C2CCCCC2)C(c2ccccc2F)/C1=C(\O)c1cccc2ccccc12. The van der Waals surface area contributed by atoms with Crippen LogP contribution in [-0.4, -0.2) is 27.7 Å². The van der Waals surface area contributed by atoms with Crippen LogP contribution >= 0.6 is 0 Å². The number of aliphatic hydroxyl groups excluding tert-OH is 1. The van der Waals surface area contributed by atoms with E-state index >= 15 is 0 Å². The van der Waals surface area contributed by atoms with Crippen LogP contribution in [0.3, 0.4) is 0 Å². The molecule has 4 nitrogen and oxygen atoms in total. The van der Waals surface area contributed by atoms with Gasteiger partial charge in [0, 0.05) is 17.2 Å². The average Bonchev–Trinajstić information content (AvgIpc) is 3.09. The number of Topliss-reactive ketones (excluding diaryl/α,β-unsaturated/α-hetero) is 1. The lowest BCUT2D eigenvalue weighted by atomic mass is 9.90. The predicted octanol–water partition coefficient (Wildman–Crippen LogP) is 5.73. The van der Waals surface area contributed by atoms with Crippen LogP contribution in [0.15, 0.2) is 72.3 Å². The summed E-state index contributed by atoms with van der Waals surface area (Å²) in [6, 6.07) is 18.1. The largest absolute Gasteiger partial charge is 0.507 e. The van der Waals surface area contributed by atoms with Gasteiger partial charge < -0.3 is 10.0 Å². The van der Waals surface area contributed by atoms with E-state index in [2.05, 4.69) is 0 Å². The molecule has 1 atom stereocenters. The quantitative estimate of drug-likeness (QED) is 0.328. The smallest absolute Gasteiger partial charge is 0.295 e. The van der Waals surface area contributed by atoms with Gasteiger partial charge in [0.25, 0.3) is 11.7 Å². The topological polar surface area (TPSA) is 57.6 Å². The molecule has 1 unspecified atom stereocenters. The third-order valence-electron chi connectivity index (χ3n) is 6.69. The first kappa shape index (κ1) is 20.4. The predicted molar refractivity (Wildman–Crippen MR) is 121 cm³/mol. The van der Waals surface area contributed by atoms with Gasteiger partial charge in [-0.05, 0) is 29.7 Å². The lowest BCUT2D eigenvalue weighted by Gasteiger charge is -2.35. The summed E-state index contributed by atoms with van der Waals surface area (Å²) < 4.78 is 15.0. The number of carbonyl (C=O) groups excluding carboxylic acids is 2. The first-order valence-electron chi connectivity index (χ1n) is 11.1. The standard InChI is InChI=1S/C27H24FNO3/c28-22-16-7-6-14-21(22)24-23(26(31)27(32)29(24)18-11-2-1-3-12-18)25(30)20-15-8-10-17-9-4-5-13-19(17)20/h4-10,13-16,18,24,30H,1-3,11-12H2/b25-23+. The molecule has 1 amide bonds. The monoisotopic (exact) mass is 429 g/mol. The first-order chi connectivity index (χ1) is 15.6. The van der Waals surface area contributed by atoms with Crippen LogP contribution in [0, 0.1) is 5.82 Å². The van der Waals surface area contributed by atoms with E-state index in [9.17, 15) is 19.1 Å². The number of hydrogen-bond donors (Lipinski definition) is 1. The van der Waals surface area contributed by atoms with Gasteiger partial charge in [0.05, 0.1) is 11.6 Å². The highest BCUT2D eigenvalue weighted by Gasteiger charge is 2.49. The average molecular weight is 429 g/mol. The molecule has 5 rings (SSSR count). The van der Waals surface area contributed by atoms with Gasteiger partial charge in [-0.15, -0.1) is 0 Å². The molecular weight excluding hydrogens is 405 g/mol. The molecule has 1 saturated heterocycles. The molecule has 1 saturated carbocycles. The van der Waals surface area contributed by atoms with Crippen molar-refractivity contribution in [1.29, 1.82) is 0 Å². The van der Waals surface area contributed by atoms with E-state index < -0.39 is 23.5 Å². The molecule has 162 valence electrons. The second-order valence-electron chi connectivity index (χ2n) is 8.55. The summed E-state index contributed by atoms with van der Waals surface area (Å²) in [6.45, 7) is 0. The minimum absolute atomic E-state index is 0.0398. The second-order valence-corrected chi connectivity index (χ2v) is 8.55. The lowest BCUT2D eigenvalue weighted by Crippen LogP contribution is -2.40. The Morgan fingerprint density at radius 1 is 0.875 bits per heavy atom. The number of carbonyl (C=O) groups is 2. The zero-order valence-corrected chi connectivity index (χ0v) is 17.6. The summed E-state index contributed by atoms with van der Waals surface area (Å²) in [4.78, 5) is 28.0. The molecule has 1 N–H and O–H groups in total. The number of amides is 1. The van der Waals surface area contributed by atoms with E-state index in [1.807, 2.05) is 30.3 Å². The minimum Gasteiger partial charge on any atom is -0.507 e. The van der Waals surface area contributed by atoms with Gasteiger partial charge in [0.15, 0.2) is 0 Å². The fourth-order valence-electron chi connectivity index (χ4n) is 5.17. The zero-order valence-electron chi connectivity index (χ0n) is 17.6. The number of fused-ring (bicyclic) bond motifs is 1. The number of halogens is 1. The Kier molecular flexibility index (Phi) is 5.25. The van der Waals surface area contributed by atoms with Crippen molar-refractivity contribution < 1.29 is 19.1 Å². The Morgan fingerprint density at radius 3 is 2.34 bits per heavy atom. The van der Waals surface area contributed by atoms with Crippen molar-refractivity contribution in [3.63, 3.8) is 0 Å². The number of ketones is 1. The number of rotatable bonds is 3. The fourth-order valence-corrected chi connectivity index (χ4v) is 5.17. The van der Waals surface area contributed by atoms with E-state index in [4.69, 9.17) is 0 Å². The molecule has 5 heteroatoms. The number of hydrogen-bond acceptors (Lipinski definition) is 3. The molecule has 3 aromatic carbocycles. The van der Waals surface area contributed by atoms with E-state index in [0.717, 1.165) is 42.9 Å². The molecule has 32 heavy (non-hydrogen) atoms. The highest BCUT2D eigenvalue weighted by Crippen LogP contribution is 2.44. The van der Waals surface area contributed by atoms with Gasteiger partial charge in [-0.3, -0.25) is 9.59 Å². The van der Waals surface area contributed by atoms with Crippen molar-refractivity contribution in [2.75, 3.05) is 0 Å². The first-order valence-corrected chi connectivity index (χ1v) is 11.1. The molecule has 2 aliphatic rings. The Bertz CT molecular complexity index is 1240. The number of likely N-dealkylation sites (tertiary alicyclic amines) is 1. The van der Waals surface area contributed by atoms with Crippen LogP contribution < -0.4 is 0 Å². The summed E-state index contributed by atoms with van der Waals surface area (Å²) in [5.74, 6) is -2.17. The van der Waals surface area contributed by atoms with Crippen LogP contribution in [0.5, 0.6) is 0 Å². The van der Waals surface area contributed by atoms with E-state index in [-0.39, 0.29) is 22.9 Å². The maximum absolute atomic E-state index is 15.0. The normalized spacial score (nSPS) is 21.4. The molecular formula is C27H24FNO3. The number of nitrogens with zero attached hydrogens (tertiary/aromatic N) is 1. The van der Waals surface area contributed by atoms with Crippen LogP contribution in [0.2, 0.25) is 0 Å². The van der Waals surface area contributed by atoms with Crippen molar-refractivity contribution in [3.05, 3.63) is 89.2 Å². The highest BCUT2D eigenvalue weighted by molar-refractivity contribution is 6.46. The van der Waals surface area contributed by atoms with Crippen molar-refractivity contribution in [1.82, 2.24) is 4.90 Å². The molecule has 0 bridgehead atoms. The summed E-state index contributed by atoms with van der Waals surface area (Å²) >= 11 is 0. The third-order valence-corrected chi connectivity index (χ3v) is 6.69. The van der Waals surface area contributed by atoms with Gasteiger partial charge in [0.2, 0.25) is 0 Å². The molecule has 0 aromatic heterocycles. The van der Waals surface area contributed by atoms with E-state index in [0.29, 0.717) is 5.56 Å². The maximum Gasteiger partial charge on any atom is 0.295 e. The Balaban J connectivity index is 1.74.